The molecule has 1 aromatic carbocycles. The van der Waals surface area contributed by atoms with E-state index in [0.29, 0.717) is 10.9 Å². The third-order valence-electron chi connectivity index (χ3n) is 3.06. The first-order chi connectivity index (χ1) is 8.93. The van der Waals surface area contributed by atoms with Crippen LogP contribution in [-0.4, -0.2) is 11.6 Å². The van der Waals surface area contributed by atoms with Gasteiger partial charge in [0.2, 0.25) is 0 Å². The molecule has 19 heavy (non-hydrogen) atoms. The summed E-state index contributed by atoms with van der Waals surface area (Å²) in [5.74, 6) is 1.49. The van der Waals surface area contributed by atoms with Crippen LogP contribution in [0.25, 0.3) is 0 Å². The van der Waals surface area contributed by atoms with Gasteiger partial charge < -0.3 is 10.5 Å². The Morgan fingerprint density at radius 3 is 2.63 bits per heavy atom. The Balaban J connectivity index is 2.93. The molecule has 3 heteroatoms. The van der Waals surface area contributed by atoms with Crippen molar-refractivity contribution in [1.29, 1.82) is 0 Å². The maximum Gasteiger partial charge on any atom is 0.125 e. The number of nitrogens with two attached hydrogens (primary N) is 1. The van der Waals surface area contributed by atoms with E-state index in [1.807, 2.05) is 0 Å². The smallest absolute Gasteiger partial charge is 0.125 e. The molecule has 0 spiro atoms. The minimum absolute atomic E-state index is 0.447. The van der Waals surface area contributed by atoms with Crippen LogP contribution in [0.15, 0.2) is 12.1 Å². The third-order valence-corrected chi connectivity index (χ3v) is 3.23. The SMILES string of the molecule is CCCOc1c(C)cc(C)cc1CC(C)CC(N)=S. The van der Waals surface area contributed by atoms with E-state index in [1.165, 1.54) is 16.7 Å². The molecule has 1 rings (SSSR count). The van der Waals surface area contributed by atoms with Crippen molar-refractivity contribution in [3.05, 3.63) is 28.8 Å². The zero-order valence-electron chi connectivity index (χ0n) is 12.5. The van der Waals surface area contributed by atoms with Crippen molar-refractivity contribution in [3.8, 4) is 5.75 Å². The zero-order valence-corrected chi connectivity index (χ0v) is 13.3. The van der Waals surface area contributed by atoms with Crippen molar-refractivity contribution in [2.24, 2.45) is 11.7 Å². The monoisotopic (exact) mass is 279 g/mol. The van der Waals surface area contributed by atoms with Crippen LogP contribution >= 0.6 is 12.2 Å². The van der Waals surface area contributed by atoms with Gasteiger partial charge in [0, 0.05) is 6.42 Å². The molecule has 0 aliphatic carbocycles. The van der Waals surface area contributed by atoms with Crippen molar-refractivity contribution in [2.75, 3.05) is 6.61 Å². The Bertz CT molecular complexity index is 443. The summed E-state index contributed by atoms with van der Waals surface area (Å²) in [5.41, 5.74) is 9.39. The fourth-order valence-corrected chi connectivity index (χ4v) is 2.68. The van der Waals surface area contributed by atoms with Gasteiger partial charge in [0.15, 0.2) is 0 Å². The molecule has 0 aromatic heterocycles. The maximum atomic E-state index is 5.91. The lowest BCUT2D eigenvalue weighted by Crippen LogP contribution is -2.14. The first-order valence-corrected chi connectivity index (χ1v) is 7.36. The van der Waals surface area contributed by atoms with E-state index in [0.717, 1.165) is 31.6 Å². The first kappa shape index (κ1) is 16.0. The van der Waals surface area contributed by atoms with Gasteiger partial charge in [-0.05, 0) is 43.7 Å². The summed E-state index contributed by atoms with van der Waals surface area (Å²) in [5, 5.41) is 0. The van der Waals surface area contributed by atoms with Crippen LogP contribution in [0.2, 0.25) is 0 Å². The molecule has 0 saturated heterocycles. The van der Waals surface area contributed by atoms with Gasteiger partial charge in [0.05, 0.1) is 11.6 Å². The van der Waals surface area contributed by atoms with Crippen LogP contribution in [0, 0.1) is 19.8 Å². The average molecular weight is 279 g/mol. The molecular formula is C16H25NOS. The van der Waals surface area contributed by atoms with Crippen LogP contribution in [0.1, 0.15) is 43.4 Å². The minimum Gasteiger partial charge on any atom is -0.493 e. The number of ether oxygens (including phenoxy) is 1. The summed E-state index contributed by atoms with van der Waals surface area (Å²) < 4.78 is 5.91. The fraction of sp³-hybridized carbons (Fsp3) is 0.562. The van der Waals surface area contributed by atoms with E-state index in [-0.39, 0.29) is 0 Å². The first-order valence-electron chi connectivity index (χ1n) is 6.95. The van der Waals surface area contributed by atoms with E-state index in [9.17, 15) is 0 Å². The zero-order chi connectivity index (χ0) is 14.4. The molecule has 0 radical (unpaired) electrons. The molecular weight excluding hydrogens is 254 g/mol. The van der Waals surface area contributed by atoms with Gasteiger partial charge in [-0.25, -0.2) is 0 Å². The number of thiocarbonyl (C=S) groups is 1. The van der Waals surface area contributed by atoms with Crippen molar-refractivity contribution in [1.82, 2.24) is 0 Å². The topological polar surface area (TPSA) is 35.2 Å². The van der Waals surface area contributed by atoms with E-state index >= 15 is 0 Å². The average Bonchev–Trinajstić information content (AvgIpc) is 2.26. The highest BCUT2D eigenvalue weighted by Crippen LogP contribution is 2.28. The second-order valence-electron chi connectivity index (χ2n) is 5.40. The molecule has 2 N–H and O–H groups in total. The Kier molecular flexibility index (Phi) is 6.29. The lowest BCUT2D eigenvalue weighted by molar-refractivity contribution is 0.310. The summed E-state index contributed by atoms with van der Waals surface area (Å²) in [7, 11) is 0. The van der Waals surface area contributed by atoms with Gasteiger partial charge in [-0.1, -0.05) is 43.8 Å². The second kappa shape index (κ2) is 7.49. The Morgan fingerprint density at radius 2 is 2.05 bits per heavy atom. The summed E-state index contributed by atoms with van der Waals surface area (Å²) in [6.45, 7) is 9.30. The number of hydrogen-bond acceptors (Lipinski definition) is 2. The van der Waals surface area contributed by atoms with Gasteiger partial charge in [-0.15, -0.1) is 0 Å². The molecule has 1 atom stereocenters. The summed E-state index contributed by atoms with van der Waals surface area (Å²) >= 11 is 4.99. The van der Waals surface area contributed by atoms with Gasteiger partial charge in [0.1, 0.15) is 5.75 Å². The van der Waals surface area contributed by atoms with E-state index < -0.39 is 0 Å². The Labute approximate surface area is 122 Å². The summed E-state index contributed by atoms with van der Waals surface area (Å²) in [6, 6.07) is 4.39. The summed E-state index contributed by atoms with van der Waals surface area (Å²) in [4.78, 5) is 0.591. The molecule has 106 valence electrons. The Hall–Kier alpha value is -1.09. The predicted molar refractivity (Wildman–Crippen MR) is 86.0 cm³/mol. The van der Waals surface area contributed by atoms with Crippen molar-refractivity contribution in [2.45, 2.75) is 47.0 Å². The number of aryl methyl sites for hydroxylation is 2. The summed E-state index contributed by atoms with van der Waals surface area (Å²) in [6.07, 6.45) is 2.77. The highest BCUT2D eigenvalue weighted by molar-refractivity contribution is 7.80. The Morgan fingerprint density at radius 1 is 1.37 bits per heavy atom. The van der Waals surface area contributed by atoms with E-state index in [2.05, 4.69) is 39.8 Å². The predicted octanol–water partition coefficient (Wildman–Crippen LogP) is 3.95. The van der Waals surface area contributed by atoms with Crippen LogP contribution < -0.4 is 10.5 Å². The molecule has 0 amide bonds. The molecule has 1 aromatic rings. The van der Waals surface area contributed by atoms with Crippen molar-refractivity contribution in [3.63, 3.8) is 0 Å². The standard InChI is InChI=1S/C16H25NOS/c1-5-6-18-16-13(4)7-11(2)8-14(16)9-12(3)10-15(17)19/h7-8,12H,5-6,9-10H2,1-4H3,(H2,17,19). The van der Waals surface area contributed by atoms with Gasteiger partial charge in [-0.3, -0.25) is 0 Å². The normalized spacial score (nSPS) is 12.2. The quantitative estimate of drug-likeness (QED) is 0.768. The van der Waals surface area contributed by atoms with E-state index in [4.69, 9.17) is 22.7 Å². The molecule has 0 bridgehead atoms. The molecule has 0 fully saturated rings. The minimum atomic E-state index is 0.447. The van der Waals surface area contributed by atoms with Crippen LogP contribution in [0.5, 0.6) is 5.75 Å². The van der Waals surface area contributed by atoms with Gasteiger partial charge in [0.25, 0.3) is 0 Å². The molecule has 1 unspecified atom stereocenters. The van der Waals surface area contributed by atoms with Gasteiger partial charge >= 0.3 is 0 Å². The third kappa shape index (κ3) is 5.19. The molecule has 0 heterocycles. The van der Waals surface area contributed by atoms with Crippen LogP contribution in [0.3, 0.4) is 0 Å². The lowest BCUT2D eigenvalue weighted by Gasteiger charge is -2.18. The highest BCUT2D eigenvalue weighted by atomic mass is 32.1. The molecule has 0 aliphatic heterocycles. The lowest BCUT2D eigenvalue weighted by atomic mass is 9.94. The number of benzene rings is 1. The molecule has 2 nitrogen and oxygen atoms in total. The number of rotatable bonds is 7. The van der Waals surface area contributed by atoms with Crippen LogP contribution in [-0.2, 0) is 6.42 Å². The number of hydrogen-bond donors (Lipinski definition) is 1. The van der Waals surface area contributed by atoms with Gasteiger partial charge in [-0.2, -0.15) is 0 Å². The molecule has 0 saturated carbocycles. The second-order valence-corrected chi connectivity index (χ2v) is 5.92. The largest absolute Gasteiger partial charge is 0.493 e. The van der Waals surface area contributed by atoms with Crippen LogP contribution in [0.4, 0.5) is 0 Å². The fourth-order valence-electron chi connectivity index (χ4n) is 2.40. The maximum absolute atomic E-state index is 5.91. The molecule has 0 aliphatic rings. The van der Waals surface area contributed by atoms with Crippen molar-refractivity contribution >= 4 is 17.2 Å². The van der Waals surface area contributed by atoms with E-state index in [1.54, 1.807) is 0 Å². The highest BCUT2D eigenvalue weighted by Gasteiger charge is 2.12. The van der Waals surface area contributed by atoms with Crippen molar-refractivity contribution < 1.29 is 4.74 Å².